The van der Waals surface area contributed by atoms with Crippen molar-refractivity contribution in [1.29, 1.82) is 0 Å². The summed E-state index contributed by atoms with van der Waals surface area (Å²) in [4.78, 5) is 18.5. The summed E-state index contributed by atoms with van der Waals surface area (Å²) in [6.07, 6.45) is 4.74. The predicted octanol–water partition coefficient (Wildman–Crippen LogP) is 5.01. The molecular weight excluding hydrogens is 460 g/mol. The normalized spacial score (nSPS) is 20.9. The highest BCUT2D eigenvalue weighted by atomic mass is 28.4. The standard InChI is InChI=1S/C27H42N2O5Si/c1-27(2,3)35(4,5)34-23(22(28)17-19-11-7-6-8-12-19)18-20-13-9-10-14-21(20)26(32)33-29-24(30)15-16-25(29)31/h6-8,11-12,15-16,20-23,30-31H,9-10,13-14,17-18,28H2,1-5H3/t20?,21-,22+,23?/m0/s1. The Labute approximate surface area is 210 Å². The first-order valence-corrected chi connectivity index (χ1v) is 15.6. The van der Waals surface area contributed by atoms with Gasteiger partial charge in [-0.1, -0.05) is 63.9 Å². The van der Waals surface area contributed by atoms with Crippen LogP contribution in [-0.4, -0.2) is 41.4 Å². The lowest BCUT2D eigenvalue weighted by molar-refractivity contribution is -0.154. The van der Waals surface area contributed by atoms with E-state index in [1.807, 2.05) is 18.2 Å². The SMILES string of the molecule is CC(C)(C)[Si](C)(C)OC(CC1CCCC[C@@H]1C(=O)On1c(O)ccc1O)[C@H](N)Cc1ccccc1. The van der Waals surface area contributed by atoms with Crippen LogP contribution in [0.5, 0.6) is 11.8 Å². The molecule has 1 saturated carbocycles. The van der Waals surface area contributed by atoms with Crippen molar-refractivity contribution in [3.05, 3.63) is 48.0 Å². The molecule has 4 N–H and O–H groups in total. The van der Waals surface area contributed by atoms with Gasteiger partial charge in [-0.3, -0.25) is 0 Å². The Bertz CT molecular complexity index is 950. The van der Waals surface area contributed by atoms with E-state index in [0.29, 0.717) is 19.3 Å². The van der Waals surface area contributed by atoms with Gasteiger partial charge in [0.1, 0.15) is 0 Å². The van der Waals surface area contributed by atoms with Crippen molar-refractivity contribution in [3.63, 3.8) is 0 Å². The predicted molar refractivity (Wildman–Crippen MR) is 140 cm³/mol. The Morgan fingerprint density at radius 1 is 1.09 bits per heavy atom. The lowest BCUT2D eigenvalue weighted by Crippen LogP contribution is -2.51. The molecule has 1 aliphatic rings. The molecule has 4 atom stereocenters. The molecule has 0 saturated heterocycles. The van der Waals surface area contributed by atoms with Crippen molar-refractivity contribution in [3.8, 4) is 11.8 Å². The zero-order valence-corrected chi connectivity index (χ0v) is 22.7. The maximum atomic E-state index is 13.1. The summed E-state index contributed by atoms with van der Waals surface area (Å²) >= 11 is 0. The smallest absolute Gasteiger partial charge is 0.336 e. The molecular formula is C27H42N2O5Si. The quantitative estimate of drug-likeness (QED) is 0.416. The molecule has 0 amide bonds. The number of benzene rings is 1. The monoisotopic (exact) mass is 502 g/mol. The van der Waals surface area contributed by atoms with E-state index in [-0.39, 0.29) is 40.8 Å². The Morgan fingerprint density at radius 3 is 2.29 bits per heavy atom. The molecule has 194 valence electrons. The second-order valence-corrected chi connectivity index (χ2v) is 16.2. The second kappa shape index (κ2) is 11.2. The van der Waals surface area contributed by atoms with Gasteiger partial charge in [-0.15, -0.1) is 4.73 Å². The van der Waals surface area contributed by atoms with Crippen LogP contribution >= 0.6 is 0 Å². The van der Waals surface area contributed by atoms with Crippen LogP contribution < -0.4 is 10.6 Å². The van der Waals surface area contributed by atoms with E-state index in [1.165, 1.54) is 17.7 Å². The third-order valence-corrected chi connectivity index (χ3v) is 12.3. The van der Waals surface area contributed by atoms with E-state index >= 15 is 0 Å². The van der Waals surface area contributed by atoms with E-state index in [4.69, 9.17) is 15.0 Å². The van der Waals surface area contributed by atoms with Gasteiger partial charge in [-0.05, 0) is 55.3 Å². The third-order valence-electron chi connectivity index (χ3n) is 7.77. The highest BCUT2D eigenvalue weighted by Crippen LogP contribution is 2.40. The Morgan fingerprint density at radius 2 is 1.69 bits per heavy atom. The average Bonchev–Trinajstić information content (AvgIpc) is 3.10. The van der Waals surface area contributed by atoms with Gasteiger partial charge in [-0.2, -0.15) is 0 Å². The van der Waals surface area contributed by atoms with Crippen LogP contribution in [0.3, 0.4) is 0 Å². The summed E-state index contributed by atoms with van der Waals surface area (Å²) in [6.45, 7) is 11.1. The zero-order valence-electron chi connectivity index (χ0n) is 21.7. The molecule has 0 aliphatic heterocycles. The number of aromatic nitrogens is 1. The first-order valence-electron chi connectivity index (χ1n) is 12.7. The fraction of sp³-hybridized carbons (Fsp3) is 0.593. The summed E-state index contributed by atoms with van der Waals surface area (Å²) in [5.74, 6) is -1.37. The molecule has 35 heavy (non-hydrogen) atoms. The Hall–Kier alpha value is -2.29. The average molecular weight is 503 g/mol. The maximum absolute atomic E-state index is 13.1. The number of rotatable bonds is 9. The van der Waals surface area contributed by atoms with Crippen LogP contribution in [0.25, 0.3) is 0 Å². The largest absolute Gasteiger partial charge is 0.492 e. The molecule has 2 unspecified atom stereocenters. The number of aromatic hydroxyl groups is 2. The molecule has 1 aromatic heterocycles. The van der Waals surface area contributed by atoms with Crippen LogP contribution in [0.2, 0.25) is 18.1 Å². The molecule has 8 heteroatoms. The lowest BCUT2D eigenvalue weighted by Gasteiger charge is -2.43. The summed E-state index contributed by atoms with van der Waals surface area (Å²) < 4.78 is 7.66. The van der Waals surface area contributed by atoms with Crippen molar-refractivity contribution in [2.45, 2.75) is 89.6 Å². The fourth-order valence-electron chi connectivity index (χ4n) is 4.63. The summed E-state index contributed by atoms with van der Waals surface area (Å²) in [7, 11) is -2.11. The highest BCUT2D eigenvalue weighted by molar-refractivity contribution is 6.74. The molecule has 1 heterocycles. The van der Waals surface area contributed by atoms with Gasteiger partial charge in [-0.25, -0.2) is 4.79 Å². The minimum atomic E-state index is -2.11. The number of nitrogens with two attached hydrogens (primary N) is 1. The first kappa shape index (κ1) is 27.3. The Kier molecular flexibility index (Phi) is 8.72. The summed E-state index contributed by atoms with van der Waals surface area (Å²) in [5.41, 5.74) is 7.97. The van der Waals surface area contributed by atoms with E-state index in [1.54, 1.807) is 0 Å². The van der Waals surface area contributed by atoms with Crippen LogP contribution in [0.1, 0.15) is 58.4 Å². The summed E-state index contributed by atoms with van der Waals surface area (Å²) in [6, 6.07) is 12.6. The van der Waals surface area contributed by atoms with Gasteiger partial charge >= 0.3 is 5.97 Å². The fourth-order valence-corrected chi connectivity index (χ4v) is 6.02. The maximum Gasteiger partial charge on any atom is 0.336 e. The van der Waals surface area contributed by atoms with Crippen LogP contribution in [0.15, 0.2) is 42.5 Å². The molecule has 1 aromatic carbocycles. The minimum absolute atomic E-state index is 0.0338. The molecule has 3 rings (SSSR count). The van der Waals surface area contributed by atoms with Crippen molar-refractivity contribution >= 4 is 14.3 Å². The molecule has 7 nitrogen and oxygen atoms in total. The minimum Gasteiger partial charge on any atom is -0.492 e. The lowest BCUT2D eigenvalue weighted by atomic mass is 9.75. The number of carbonyl (C=O) groups excluding carboxylic acids is 1. The molecule has 1 aliphatic carbocycles. The van der Waals surface area contributed by atoms with Crippen molar-refractivity contribution < 1.29 is 24.3 Å². The van der Waals surface area contributed by atoms with Gasteiger partial charge in [0, 0.05) is 18.2 Å². The first-order chi connectivity index (χ1) is 16.4. The Balaban J connectivity index is 1.80. The van der Waals surface area contributed by atoms with Gasteiger partial charge in [0.2, 0.25) is 11.8 Å². The van der Waals surface area contributed by atoms with Crippen LogP contribution in [-0.2, 0) is 15.6 Å². The number of carbonyl (C=O) groups is 1. The second-order valence-electron chi connectivity index (χ2n) is 11.4. The molecule has 0 bridgehead atoms. The molecule has 1 fully saturated rings. The van der Waals surface area contributed by atoms with E-state index in [9.17, 15) is 15.0 Å². The molecule has 0 radical (unpaired) electrons. The third kappa shape index (κ3) is 6.89. The van der Waals surface area contributed by atoms with Crippen molar-refractivity contribution in [2.24, 2.45) is 17.6 Å². The van der Waals surface area contributed by atoms with E-state index in [0.717, 1.165) is 24.0 Å². The molecule has 0 spiro atoms. The topological polar surface area (TPSA) is 107 Å². The zero-order chi connectivity index (χ0) is 25.8. The van der Waals surface area contributed by atoms with Gasteiger partial charge in [0.25, 0.3) is 0 Å². The van der Waals surface area contributed by atoms with Crippen LogP contribution in [0.4, 0.5) is 0 Å². The number of hydrogen-bond acceptors (Lipinski definition) is 6. The van der Waals surface area contributed by atoms with Crippen LogP contribution in [0, 0.1) is 11.8 Å². The summed E-state index contributed by atoms with van der Waals surface area (Å²) in [5, 5.41) is 19.8. The number of nitrogens with zero attached hydrogens (tertiary/aromatic N) is 1. The van der Waals surface area contributed by atoms with Crippen molar-refractivity contribution in [1.82, 2.24) is 4.73 Å². The highest BCUT2D eigenvalue weighted by Gasteiger charge is 2.42. The van der Waals surface area contributed by atoms with Gasteiger partial charge in [0.15, 0.2) is 8.32 Å². The molecule has 2 aromatic rings. The number of hydrogen-bond donors (Lipinski definition) is 3. The van der Waals surface area contributed by atoms with E-state index < -0.39 is 14.3 Å². The van der Waals surface area contributed by atoms with Gasteiger partial charge in [0.05, 0.1) is 12.0 Å². The van der Waals surface area contributed by atoms with Crippen molar-refractivity contribution in [2.75, 3.05) is 0 Å². The van der Waals surface area contributed by atoms with E-state index in [2.05, 4.69) is 46.0 Å². The van der Waals surface area contributed by atoms with Gasteiger partial charge < -0.3 is 25.2 Å².